The van der Waals surface area contributed by atoms with Crippen LogP contribution in [0.4, 0.5) is 0 Å². The SMILES string of the molecule is CC(C)C1COC2(CN(C(C)C)C2)O1. The minimum absolute atomic E-state index is 0.251. The highest BCUT2D eigenvalue weighted by atomic mass is 16.8. The number of likely N-dealkylation sites (tertiary alicyclic amines) is 1. The van der Waals surface area contributed by atoms with Crippen molar-refractivity contribution in [3.05, 3.63) is 0 Å². The molecule has 1 spiro atoms. The molecule has 2 heterocycles. The molecule has 0 bridgehead atoms. The van der Waals surface area contributed by atoms with E-state index in [4.69, 9.17) is 9.47 Å². The number of hydrogen-bond donors (Lipinski definition) is 0. The topological polar surface area (TPSA) is 21.7 Å². The minimum Gasteiger partial charge on any atom is -0.345 e. The average molecular weight is 199 g/mol. The summed E-state index contributed by atoms with van der Waals surface area (Å²) in [5.74, 6) is 0.307. The van der Waals surface area contributed by atoms with Crippen molar-refractivity contribution < 1.29 is 9.47 Å². The van der Waals surface area contributed by atoms with Crippen molar-refractivity contribution in [1.82, 2.24) is 4.90 Å². The van der Waals surface area contributed by atoms with Crippen molar-refractivity contribution in [2.24, 2.45) is 5.92 Å². The van der Waals surface area contributed by atoms with Gasteiger partial charge in [0.2, 0.25) is 0 Å². The third-order valence-electron chi connectivity index (χ3n) is 3.24. The molecule has 0 saturated carbocycles. The molecule has 2 saturated heterocycles. The minimum atomic E-state index is -0.251. The molecule has 0 radical (unpaired) electrons. The molecule has 2 fully saturated rings. The monoisotopic (exact) mass is 199 g/mol. The summed E-state index contributed by atoms with van der Waals surface area (Å²) >= 11 is 0. The van der Waals surface area contributed by atoms with Crippen LogP contribution in [0.3, 0.4) is 0 Å². The maximum absolute atomic E-state index is 5.96. The summed E-state index contributed by atoms with van der Waals surface area (Å²) in [5.41, 5.74) is 0. The van der Waals surface area contributed by atoms with Crippen molar-refractivity contribution in [1.29, 1.82) is 0 Å². The van der Waals surface area contributed by atoms with E-state index in [1.54, 1.807) is 0 Å². The normalized spacial score (nSPS) is 31.7. The van der Waals surface area contributed by atoms with Crippen molar-refractivity contribution in [2.75, 3.05) is 19.7 Å². The molecule has 0 amide bonds. The Hall–Kier alpha value is -0.120. The molecular weight excluding hydrogens is 178 g/mol. The molecule has 2 aliphatic heterocycles. The van der Waals surface area contributed by atoms with Gasteiger partial charge in [-0.25, -0.2) is 0 Å². The van der Waals surface area contributed by atoms with Crippen LogP contribution in [0, 0.1) is 5.92 Å². The largest absolute Gasteiger partial charge is 0.345 e. The molecule has 0 aromatic carbocycles. The summed E-state index contributed by atoms with van der Waals surface area (Å²) < 4.78 is 11.7. The smallest absolute Gasteiger partial charge is 0.194 e. The van der Waals surface area contributed by atoms with Crippen molar-refractivity contribution in [3.63, 3.8) is 0 Å². The molecule has 0 aromatic rings. The first-order valence-electron chi connectivity index (χ1n) is 5.58. The second-order valence-corrected chi connectivity index (χ2v) is 5.12. The van der Waals surface area contributed by atoms with Crippen LogP contribution in [0.15, 0.2) is 0 Å². The third-order valence-corrected chi connectivity index (χ3v) is 3.24. The summed E-state index contributed by atoms with van der Waals surface area (Å²) in [6.45, 7) is 11.4. The quantitative estimate of drug-likeness (QED) is 0.672. The Morgan fingerprint density at radius 3 is 2.29 bits per heavy atom. The van der Waals surface area contributed by atoms with Gasteiger partial charge in [0.05, 0.1) is 25.8 Å². The standard InChI is InChI=1S/C11H21NO2/c1-8(2)10-5-13-11(14-10)6-12(7-11)9(3)4/h8-10H,5-7H2,1-4H3. The molecule has 14 heavy (non-hydrogen) atoms. The van der Waals surface area contributed by atoms with Gasteiger partial charge in [-0.05, 0) is 19.8 Å². The second-order valence-electron chi connectivity index (χ2n) is 5.12. The number of hydrogen-bond acceptors (Lipinski definition) is 3. The second kappa shape index (κ2) is 3.47. The van der Waals surface area contributed by atoms with E-state index in [9.17, 15) is 0 Å². The van der Waals surface area contributed by atoms with Gasteiger partial charge in [0.15, 0.2) is 5.79 Å². The Morgan fingerprint density at radius 2 is 1.86 bits per heavy atom. The maximum Gasteiger partial charge on any atom is 0.194 e. The molecule has 3 nitrogen and oxygen atoms in total. The van der Waals surface area contributed by atoms with Crippen LogP contribution in [0.2, 0.25) is 0 Å². The van der Waals surface area contributed by atoms with E-state index in [0.717, 1.165) is 19.7 Å². The van der Waals surface area contributed by atoms with E-state index in [-0.39, 0.29) is 5.79 Å². The molecular formula is C11H21NO2. The Labute approximate surface area is 86.4 Å². The molecule has 0 aromatic heterocycles. The van der Waals surface area contributed by atoms with Gasteiger partial charge in [-0.3, -0.25) is 4.90 Å². The Morgan fingerprint density at radius 1 is 1.21 bits per heavy atom. The molecule has 1 unspecified atom stereocenters. The summed E-state index contributed by atoms with van der Waals surface area (Å²) in [5, 5.41) is 0. The van der Waals surface area contributed by atoms with Crippen LogP contribution in [0.1, 0.15) is 27.7 Å². The van der Waals surface area contributed by atoms with Crippen molar-refractivity contribution in [2.45, 2.75) is 45.6 Å². The fraction of sp³-hybridized carbons (Fsp3) is 1.00. The summed E-state index contributed by atoms with van der Waals surface area (Å²) in [6.07, 6.45) is 0.296. The first-order chi connectivity index (χ1) is 6.52. The van der Waals surface area contributed by atoms with Crippen LogP contribution >= 0.6 is 0 Å². The van der Waals surface area contributed by atoms with Gasteiger partial charge in [-0.2, -0.15) is 0 Å². The van der Waals surface area contributed by atoms with E-state index in [2.05, 4.69) is 32.6 Å². The van der Waals surface area contributed by atoms with E-state index < -0.39 is 0 Å². The fourth-order valence-corrected chi connectivity index (χ4v) is 2.01. The summed E-state index contributed by atoms with van der Waals surface area (Å²) in [7, 11) is 0. The zero-order chi connectivity index (χ0) is 10.3. The molecule has 3 heteroatoms. The van der Waals surface area contributed by atoms with Crippen LogP contribution in [-0.4, -0.2) is 42.5 Å². The molecule has 82 valence electrons. The van der Waals surface area contributed by atoms with E-state index >= 15 is 0 Å². The third kappa shape index (κ3) is 1.69. The Bertz CT molecular complexity index is 209. The Kier molecular flexibility index (Phi) is 2.58. The van der Waals surface area contributed by atoms with Gasteiger partial charge in [0, 0.05) is 6.04 Å². The zero-order valence-electron chi connectivity index (χ0n) is 9.62. The van der Waals surface area contributed by atoms with Gasteiger partial charge in [0.25, 0.3) is 0 Å². The Balaban J connectivity index is 1.86. The van der Waals surface area contributed by atoms with E-state index in [1.807, 2.05) is 0 Å². The van der Waals surface area contributed by atoms with Crippen LogP contribution in [0.25, 0.3) is 0 Å². The predicted octanol–water partition coefficient (Wildman–Crippen LogP) is 1.48. The van der Waals surface area contributed by atoms with Gasteiger partial charge < -0.3 is 9.47 Å². The molecule has 0 N–H and O–H groups in total. The molecule has 2 aliphatic rings. The lowest BCUT2D eigenvalue weighted by Crippen LogP contribution is -2.64. The lowest BCUT2D eigenvalue weighted by atomic mass is 10.1. The van der Waals surface area contributed by atoms with Gasteiger partial charge in [-0.15, -0.1) is 0 Å². The predicted molar refractivity (Wildman–Crippen MR) is 55.1 cm³/mol. The first kappa shape index (κ1) is 10.4. The van der Waals surface area contributed by atoms with Crippen LogP contribution in [-0.2, 0) is 9.47 Å². The molecule has 2 rings (SSSR count). The zero-order valence-corrected chi connectivity index (χ0v) is 9.62. The van der Waals surface area contributed by atoms with Gasteiger partial charge in [-0.1, -0.05) is 13.8 Å². The number of rotatable bonds is 2. The highest BCUT2D eigenvalue weighted by Gasteiger charge is 2.52. The number of nitrogens with zero attached hydrogens (tertiary/aromatic N) is 1. The summed E-state index contributed by atoms with van der Waals surface area (Å²) in [6, 6.07) is 0.603. The lowest BCUT2D eigenvalue weighted by molar-refractivity contribution is -0.254. The number of ether oxygens (including phenoxy) is 2. The van der Waals surface area contributed by atoms with Crippen LogP contribution in [0.5, 0.6) is 0 Å². The van der Waals surface area contributed by atoms with E-state index in [1.165, 1.54) is 0 Å². The van der Waals surface area contributed by atoms with E-state index in [0.29, 0.717) is 18.1 Å². The highest BCUT2D eigenvalue weighted by molar-refractivity contribution is 4.95. The molecule has 1 atom stereocenters. The van der Waals surface area contributed by atoms with Crippen molar-refractivity contribution in [3.8, 4) is 0 Å². The average Bonchev–Trinajstić information content (AvgIpc) is 2.44. The molecule has 0 aliphatic carbocycles. The van der Waals surface area contributed by atoms with Gasteiger partial charge in [0.1, 0.15) is 0 Å². The highest BCUT2D eigenvalue weighted by Crippen LogP contribution is 2.36. The van der Waals surface area contributed by atoms with Crippen LogP contribution < -0.4 is 0 Å². The van der Waals surface area contributed by atoms with Gasteiger partial charge >= 0.3 is 0 Å². The maximum atomic E-state index is 5.96. The summed E-state index contributed by atoms with van der Waals surface area (Å²) in [4.78, 5) is 2.38. The van der Waals surface area contributed by atoms with Crippen molar-refractivity contribution >= 4 is 0 Å². The first-order valence-corrected chi connectivity index (χ1v) is 5.58. The fourth-order valence-electron chi connectivity index (χ4n) is 2.01. The lowest BCUT2D eigenvalue weighted by Gasteiger charge is -2.48.